The Hall–Kier alpha value is -1.29. The standard InChI is InChI=1S/C12H18N4O3S2/c1-3-4-13-6-10-9(2)5-12(20-10)21(17,18)15-7-11-14-8-19-16-11/h5,8,13,15H,3-4,6-7H2,1-2H3. The molecule has 9 heteroatoms. The Morgan fingerprint density at radius 3 is 2.86 bits per heavy atom. The monoisotopic (exact) mass is 330 g/mol. The van der Waals surface area contributed by atoms with E-state index in [1.165, 1.54) is 11.3 Å². The van der Waals surface area contributed by atoms with Crippen LogP contribution in [0.4, 0.5) is 0 Å². The maximum Gasteiger partial charge on any atom is 0.250 e. The second-order valence-electron chi connectivity index (χ2n) is 4.52. The van der Waals surface area contributed by atoms with Crippen LogP contribution in [0.25, 0.3) is 0 Å². The van der Waals surface area contributed by atoms with Crippen LogP contribution in [0, 0.1) is 6.92 Å². The Morgan fingerprint density at radius 2 is 2.19 bits per heavy atom. The molecule has 116 valence electrons. The average molecular weight is 330 g/mol. The molecule has 0 aliphatic rings. The van der Waals surface area contributed by atoms with Crippen molar-refractivity contribution in [3.05, 3.63) is 28.7 Å². The molecule has 0 saturated heterocycles. The summed E-state index contributed by atoms with van der Waals surface area (Å²) in [5, 5.41) is 6.84. The lowest BCUT2D eigenvalue weighted by Gasteiger charge is -2.02. The van der Waals surface area contributed by atoms with E-state index in [1.54, 1.807) is 6.07 Å². The molecule has 2 aromatic heterocycles. The van der Waals surface area contributed by atoms with Crippen LogP contribution in [0.3, 0.4) is 0 Å². The van der Waals surface area contributed by atoms with Crippen LogP contribution >= 0.6 is 11.3 Å². The van der Waals surface area contributed by atoms with Gasteiger partial charge in [0.2, 0.25) is 16.4 Å². The zero-order chi connectivity index (χ0) is 15.3. The third-order valence-electron chi connectivity index (χ3n) is 2.80. The molecular weight excluding hydrogens is 312 g/mol. The Labute approximate surface area is 127 Å². The lowest BCUT2D eigenvalue weighted by Crippen LogP contribution is -2.23. The molecule has 0 aliphatic carbocycles. The van der Waals surface area contributed by atoms with Gasteiger partial charge in [-0.3, -0.25) is 0 Å². The van der Waals surface area contributed by atoms with Gasteiger partial charge < -0.3 is 9.84 Å². The summed E-state index contributed by atoms with van der Waals surface area (Å²) in [5.41, 5.74) is 0.975. The summed E-state index contributed by atoms with van der Waals surface area (Å²) < 4.78 is 31.8. The van der Waals surface area contributed by atoms with Gasteiger partial charge in [0, 0.05) is 11.4 Å². The molecule has 0 amide bonds. The van der Waals surface area contributed by atoms with Gasteiger partial charge >= 0.3 is 0 Å². The molecule has 2 N–H and O–H groups in total. The van der Waals surface area contributed by atoms with Gasteiger partial charge in [0.1, 0.15) is 4.21 Å². The normalized spacial score (nSPS) is 11.9. The first-order valence-corrected chi connectivity index (χ1v) is 8.88. The fourth-order valence-corrected chi connectivity index (χ4v) is 4.26. The molecule has 2 aromatic rings. The minimum atomic E-state index is -3.55. The molecule has 0 bridgehead atoms. The Bertz CT molecular complexity index is 665. The van der Waals surface area contributed by atoms with E-state index in [0.29, 0.717) is 16.6 Å². The third-order valence-corrected chi connectivity index (χ3v) is 5.91. The number of hydrogen-bond donors (Lipinski definition) is 2. The number of aromatic nitrogens is 2. The van der Waals surface area contributed by atoms with E-state index in [2.05, 4.69) is 31.6 Å². The number of thiophene rings is 1. The highest BCUT2D eigenvalue weighted by Gasteiger charge is 2.19. The number of sulfonamides is 1. The van der Waals surface area contributed by atoms with Crippen molar-refractivity contribution in [1.29, 1.82) is 0 Å². The van der Waals surface area contributed by atoms with E-state index < -0.39 is 10.0 Å². The van der Waals surface area contributed by atoms with Gasteiger partial charge in [-0.1, -0.05) is 12.1 Å². The van der Waals surface area contributed by atoms with Crippen LogP contribution in [0.2, 0.25) is 0 Å². The first-order valence-electron chi connectivity index (χ1n) is 6.58. The lowest BCUT2D eigenvalue weighted by atomic mass is 10.3. The maximum absolute atomic E-state index is 12.2. The first-order chi connectivity index (χ1) is 10.0. The number of rotatable bonds is 8. The van der Waals surface area contributed by atoms with E-state index in [0.717, 1.165) is 29.8 Å². The average Bonchev–Trinajstić information content (AvgIpc) is 3.07. The number of nitrogens with zero attached hydrogens (tertiary/aromatic N) is 2. The topological polar surface area (TPSA) is 97.1 Å². The van der Waals surface area contributed by atoms with Gasteiger partial charge in [0.05, 0.1) is 6.54 Å². The second kappa shape index (κ2) is 7.12. The van der Waals surface area contributed by atoms with Crippen LogP contribution in [0.15, 0.2) is 21.2 Å². The molecular formula is C12H18N4O3S2. The van der Waals surface area contributed by atoms with Gasteiger partial charge in [-0.2, -0.15) is 4.98 Å². The molecule has 21 heavy (non-hydrogen) atoms. The molecule has 2 rings (SSSR count). The SMILES string of the molecule is CCCNCc1sc(S(=O)(=O)NCc2ncon2)cc1C. The first kappa shape index (κ1) is 16.1. The van der Waals surface area contributed by atoms with Gasteiger partial charge in [-0.05, 0) is 31.5 Å². The summed E-state index contributed by atoms with van der Waals surface area (Å²) in [4.78, 5) is 4.81. The van der Waals surface area contributed by atoms with Crippen LogP contribution in [0.5, 0.6) is 0 Å². The molecule has 0 fully saturated rings. The van der Waals surface area contributed by atoms with Crippen molar-refractivity contribution in [1.82, 2.24) is 20.2 Å². The number of aryl methyl sites for hydroxylation is 1. The lowest BCUT2D eigenvalue weighted by molar-refractivity contribution is 0.409. The van der Waals surface area contributed by atoms with E-state index in [1.807, 2.05) is 6.92 Å². The fraction of sp³-hybridized carbons (Fsp3) is 0.500. The zero-order valence-corrected chi connectivity index (χ0v) is 13.6. The smallest absolute Gasteiger partial charge is 0.250 e. The Balaban J connectivity index is 2.04. The quantitative estimate of drug-likeness (QED) is 0.711. The molecule has 0 aromatic carbocycles. The summed E-state index contributed by atoms with van der Waals surface area (Å²) in [7, 11) is -3.55. The predicted octanol–water partition coefficient (Wildman–Crippen LogP) is 1.42. The fourth-order valence-electron chi connectivity index (χ4n) is 1.68. The van der Waals surface area contributed by atoms with Gasteiger partial charge in [-0.15, -0.1) is 11.3 Å². The number of nitrogens with one attached hydrogen (secondary N) is 2. The molecule has 0 spiro atoms. The molecule has 0 radical (unpaired) electrons. The highest BCUT2D eigenvalue weighted by Crippen LogP contribution is 2.25. The van der Waals surface area contributed by atoms with Crippen LogP contribution in [0.1, 0.15) is 29.6 Å². The zero-order valence-electron chi connectivity index (χ0n) is 11.9. The molecule has 0 atom stereocenters. The largest absolute Gasteiger partial charge is 0.343 e. The summed E-state index contributed by atoms with van der Waals surface area (Å²) >= 11 is 1.28. The van der Waals surface area contributed by atoms with Crippen LogP contribution < -0.4 is 10.0 Å². The Morgan fingerprint density at radius 1 is 1.38 bits per heavy atom. The maximum atomic E-state index is 12.2. The second-order valence-corrected chi connectivity index (χ2v) is 7.65. The van der Waals surface area contributed by atoms with Crippen molar-refractivity contribution >= 4 is 21.4 Å². The minimum absolute atomic E-state index is 0.0131. The highest BCUT2D eigenvalue weighted by atomic mass is 32.2. The van der Waals surface area contributed by atoms with E-state index in [9.17, 15) is 8.42 Å². The van der Waals surface area contributed by atoms with Crippen LogP contribution in [-0.2, 0) is 23.1 Å². The van der Waals surface area contributed by atoms with Crippen LogP contribution in [-0.4, -0.2) is 25.1 Å². The van der Waals surface area contributed by atoms with Gasteiger partial charge in [0.15, 0.2) is 5.82 Å². The van der Waals surface area contributed by atoms with Gasteiger partial charge in [-0.25, -0.2) is 13.1 Å². The molecule has 0 aliphatic heterocycles. The van der Waals surface area contributed by atoms with E-state index >= 15 is 0 Å². The minimum Gasteiger partial charge on any atom is -0.343 e. The van der Waals surface area contributed by atoms with E-state index in [4.69, 9.17) is 0 Å². The van der Waals surface area contributed by atoms with Gasteiger partial charge in [0.25, 0.3) is 0 Å². The Kier molecular flexibility index (Phi) is 5.45. The number of hydrogen-bond acceptors (Lipinski definition) is 7. The molecule has 2 heterocycles. The summed E-state index contributed by atoms with van der Waals surface area (Å²) in [6, 6.07) is 1.69. The summed E-state index contributed by atoms with van der Waals surface area (Å²) in [5.74, 6) is 0.302. The van der Waals surface area contributed by atoms with Crippen molar-refractivity contribution in [3.63, 3.8) is 0 Å². The van der Waals surface area contributed by atoms with Crippen molar-refractivity contribution in [2.75, 3.05) is 6.54 Å². The molecule has 0 saturated carbocycles. The highest BCUT2D eigenvalue weighted by molar-refractivity contribution is 7.91. The predicted molar refractivity (Wildman–Crippen MR) is 79.4 cm³/mol. The van der Waals surface area contributed by atoms with Crippen molar-refractivity contribution in [3.8, 4) is 0 Å². The summed E-state index contributed by atoms with van der Waals surface area (Å²) in [6.45, 7) is 5.61. The molecule has 0 unspecified atom stereocenters. The van der Waals surface area contributed by atoms with E-state index in [-0.39, 0.29) is 6.54 Å². The van der Waals surface area contributed by atoms with Crippen molar-refractivity contribution in [2.24, 2.45) is 0 Å². The molecule has 7 nitrogen and oxygen atoms in total. The van der Waals surface area contributed by atoms with Crippen molar-refractivity contribution < 1.29 is 12.9 Å². The third kappa shape index (κ3) is 4.34. The summed E-state index contributed by atoms with van der Waals surface area (Å²) in [6.07, 6.45) is 2.21. The van der Waals surface area contributed by atoms with Crippen molar-refractivity contribution in [2.45, 2.75) is 37.6 Å².